The summed E-state index contributed by atoms with van der Waals surface area (Å²) < 4.78 is 15.2. The number of carbonyl (C=O) groups excluding carboxylic acids is 2. The van der Waals surface area contributed by atoms with Crippen molar-refractivity contribution in [3.8, 4) is 11.5 Å². The average Bonchev–Trinajstić information content (AvgIpc) is 3.06. The summed E-state index contributed by atoms with van der Waals surface area (Å²) in [6, 6.07) is 7.96. The topological polar surface area (TPSA) is 77.6 Å². The van der Waals surface area contributed by atoms with Crippen LogP contribution in [0.4, 0.5) is 0 Å². The van der Waals surface area contributed by atoms with Crippen LogP contribution in [0, 0.1) is 0 Å². The number of H-pyrrole nitrogens is 1. The zero-order valence-electron chi connectivity index (χ0n) is 11.7. The van der Waals surface area contributed by atoms with Gasteiger partial charge in [-0.3, -0.25) is 4.79 Å². The van der Waals surface area contributed by atoms with Gasteiger partial charge in [0.25, 0.3) is 0 Å². The Hall–Kier alpha value is -2.76. The molecule has 21 heavy (non-hydrogen) atoms. The van der Waals surface area contributed by atoms with Crippen LogP contribution in [0.15, 0.2) is 36.5 Å². The number of esters is 1. The number of methoxy groups -OCH3 is 2. The predicted molar refractivity (Wildman–Crippen MR) is 75.0 cm³/mol. The van der Waals surface area contributed by atoms with Crippen molar-refractivity contribution < 1.29 is 23.8 Å². The van der Waals surface area contributed by atoms with Crippen LogP contribution in [0.25, 0.3) is 0 Å². The number of rotatable bonds is 6. The Morgan fingerprint density at radius 2 is 1.86 bits per heavy atom. The molecule has 1 heterocycles. The first kappa shape index (κ1) is 14.6. The van der Waals surface area contributed by atoms with E-state index in [0.717, 1.165) is 0 Å². The summed E-state index contributed by atoms with van der Waals surface area (Å²) in [5, 5.41) is 0. The molecule has 0 atom stereocenters. The second kappa shape index (κ2) is 6.60. The van der Waals surface area contributed by atoms with Crippen molar-refractivity contribution in [1.82, 2.24) is 4.98 Å². The van der Waals surface area contributed by atoms with Gasteiger partial charge in [-0.25, -0.2) is 4.79 Å². The van der Waals surface area contributed by atoms with E-state index in [-0.39, 0.29) is 18.0 Å². The van der Waals surface area contributed by atoms with Crippen molar-refractivity contribution in [2.45, 2.75) is 0 Å². The van der Waals surface area contributed by atoms with Gasteiger partial charge in [-0.1, -0.05) is 0 Å². The lowest BCUT2D eigenvalue weighted by atomic mass is 10.2. The van der Waals surface area contributed by atoms with E-state index in [2.05, 4.69) is 4.98 Å². The van der Waals surface area contributed by atoms with Gasteiger partial charge in [0.05, 0.1) is 25.5 Å². The molecule has 0 fully saturated rings. The summed E-state index contributed by atoms with van der Waals surface area (Å²) in [6.45, 7) is -0.326. The van der Waals surface area contributed by atoms with Crippen LogP contribution in [0.1, 0.15) is 20.8 Å². The first-order valence-corrected chi connectivity index (χ1v) is 6.21. The molecule has 6 heteroatoms. The summed E-state index contributed by atoms with van der Waals surface area (Å²) in [5.41, 5.74) is 0.682. The SMILES string of the molecule is COc1ccc(C(=O)OCC(=O)c2ccc[nH]2)cc1OC. The van der Waals surface area contributed by atoms with E-state index in [1.165, 1.54) is 20.3 Å². The lowest BCUT2D eigenvalue weighted by Crippen LogP contribution is -2.14. The van der Waals surface area contributed by atoms with Crippen LogP contribution >= 0.6 is 0 Å². The zero-order chi connectivity index (χ0) is 15.2. The smallest absolute Gasteiger partial charge is 0.338 e. The van der Waals surface area contributed by atoms with Gasteiger partial charge >= 0.3 is 5.97 Å². The maximum absolute atomic E-state index is 11.9. The fourth-order valence-corrected chi connectivity index (χ4v) is 1.76. The first-order chi connectivity index (χ1) is 10.2. The number of aromatic amines is 1. The van der Waals surface area contributed by atoms with E-state index in [1.807, 2.05) is 0 Å². The number of Topliss-reactive ketones (excluding diaryl/α,β-unsaturated/α-hetero) is 1. The van der Waals surface area contributed by atoms with E-state index in [1.54, 1.807) is 30.5 Å². The van der Waals surface area contributed by atoms with Crippen LogP contribution in [0.5, 0.6) is 11.5 Å². The van der Waals surface area contributed by atoms with Crippen LogP contribution in [-0.2, 0) is 4.74 Å². The molecule has 0 saturated heterocycles. The molecule has 0 aliphatic heterocycles. The van der Waals surface area contributed by atoms with Crippen LogP contribution in [0.3, 0.4) is 0 Å². The fraction of sp³-hybridized carbons (Fsp3) is 0.200. The Kier molecular flexibility index (Phi) is 4.61. The molecule has 1 aromatic carbocycles. The van der Waals surface area contributed by atoms with Gasteiger partial charge in [0.15, 0.2) is 18.1 Å². The highest BCUT2D eigenvalue weighted by atomic mass is 16.5. The van der Waals surface area contributed by atoms with E-state index in [4.69, 9.17) is 14.2 Å². The normalized spacial score (nSPS) is 10.0. The predicted octanol–water partition coefficient (Wildman–Crippen LogP) is 2.07. The van der Waals surface area contributed by atoms with Crippen LogP contribution < -0.4 is 9.47 Å². The summed E-state index contributed by atoms with van der Waals surface area (Å²) in [5.74, 6) is 0.0313. The number of hydrogen-bond donors (Lipinski definition) is 1. The van der Waals surface area contributed by atoms with Crippen molar-refractivity contribution in [2.24, 2.45) is 0 Å². The van der Waals surface area contributed by atoms with Crippen molar-refractivity contribution in [3.05, 3.63) is 47.8 Å². The highest BCUT2D eigenvalue weighted by molar-refractivity contribution is 5.98. The number of benzene rings is 1. The van der Waals surface area contributed by atoms with Crippen LogP contribution in [0.2, 0.25) is 0 Å². The van der Waals surface area contributed by atoms with Crippen molar-refractivity contribution >= 4 is 11.8 Å². The maximum atomic E-state index is 11.9. The minimum atomic E-state index is -0.601. The first-order valence-electron chi connectivity index (χ1n) is 6.21. The molecule has 1 N–H and O–H groups in total. The summed E-state index contributed by atoms with van der Waals surface area (Å²) >= 11 is 0. The molecular weight excluding hydrogens is 274 g/mol. The molecule has 2 aromatic rings. The van der Waals surface area contributed by atoms with Crippen molar-refractivity contribution in [3.63, 3.8) is 0 Å². The highest BCUT2D eigenvalue weighted by Crippen LogP contribution is 2.27. The molecule has 2 rings (SSSR count). The third-order valence-electron chi connectivity index (χ3n) is 2.85. The molecule has 6 nitrogen and oxygen atoms in total. The third kappa shape index (κ3) is 3.42. The number of aromatic nitrogens is 1. The Morgan fingerprint density at radius 1 is 1.10 bits per heavy atom. The Bertz CT molecular complexity index is 634. The quantitative estimate of drug-likeness (QED) is 0.650. The molecule has 0 amide bonds. The molecule has 110 valence electrons. The van der Waals surface area contributed by atoms with Gasteiger partial charge in [-0.2, -0.15) is 0 Å². The number of nitrogens with one attached hydrogen (secondary N) is 1. The Labute approximate surface area is 121 Å². The van der Waals surface area contributed by atoms with E-state index in [9.17, 15) is 9.59 Å². The summed E-state index contributed by atoms with van der Waals surface area (Å²) in [7, 11) is 2.98. The highest BCUT2D eigenvalue weighted by Gasteiger charge is 2.14. The Balaban J connectivity index is 2.02. The largest absolute Gasteiger partial charge is 0.493 e. The lowest BCUT2D eigenvalue weighted by molar-refractivity contribution is 0.0473. The summed E-state index contributed by atoms with van der Waals surface area (Å²) in [6.07, 6.45) is 1.63. The molecule has 0 radical (unpaired) electrons. The van der Waals surface area contributed by atoms with Gasteiger partial charge in [0.1, 0.15) is 0 Å². The number of ketones is 1. The van der Waals surface area contributed by atoms with Gasteiger partial charge in [0, 0.05) is 6.20 Å². The average molecular weight is 289 g/mol. The number of carbonyl (C=O) groups is 2. The molecule has 1 aromatic heterocycles. The second-order valence-electron chi connectivity index (χ2n) is 4.15. The van der Waals surface area contributed by atoms with Gasteiger partial charge in [0.2, 0.25) is 5.78 Å². The molecule has 0 aliphatic rings. The standard InChI is InChI=1S/C15H15NO5/c1-19-13-6-5-10(8-14(13)20-2)15(18)21-9-12(17)11-4-3-7-16-11/h3-8,16H,9H2,1-2H3. The van der Waals surface area contributed by atoms with E-state index < -0.39 is 5.97 Å². The minimum Gasteiger partial charge on any atom is -0.493 e. The van der Waals surface area contributed by atoms with Crippen LogP contribution in [-0.4, -0.2) is 37.6 Å². The number of hydrogen-bond acceptors (Lipinski definition) is 5. The monoisotopic (exact) mass is 289 g/mol. The lowest BCUT2D eigenvalue weighted by Gasteiger charge is -2.09. The minimum absolute atomic E-state index is 0.284. The van der Waals surface area contributed by atoms with E-state index >= 15 is 0 Å². The van der Waals surface area contributed by atoms with Gasteiger partial charge in [-0.15, -0.1) is 0 Å². The summed E-state index contributed by atoms with van der Waals surface area (Å²) in [4.78, 5) is 26.4. The fourth-order valence-electron chi connectivity index (χ4n) is 1.76. The van der Waals surface area contributed by atoms with Gasteiger partial charge in [-0.05, 0) is 30.3 Å². The Morgan fingerprint density at radius 3 is 2.48 bits per heavy atom. The van der Waals surface area contributed by atoms with Gasteiger partial charge < -0.3 is 19.2 Å². The second-order valence-corrected chi connectivity index (χ2v) is 4.15. The van der Waals surface area contributed by atoms with Crippen molar-refractivity contribution in [1.29, 1.82) is 0 Å². The third-order valence-corrected chi connectivity index (χ3v) is 2.85. The molecule has 0 bridgehead atoms. The maximum Gasteiger partial charge on any atom is 0.338 e. The number of ether oxygens (including phenoxy) is 3. The van der Waals surface area contributed by atoms with Crippen molar-refractivity contribution in [2.75, 3.05) is 20.8 Å². The zero-order valence-corrected chi connectivity index (χ0v) is 11.7. The molecule has 0 saturated carbocycles. The molecular formula is C15H15NO5. The molecule has 0 spiro atoms. The van der Waals surface area contributed by atoms with E-state index in [0.29, 0.717) is 17.2 Å². The molecule has 0 unspecified atom stereocenters. The molecule has 0 aliphatic carbocycles.